The molecule has 112 valence electrons. The molecule has 2 aromatic rings. The maximum absolute atomic E-state index is 11.4. The minimum atomic E-state index is -3.52. The van der Waals surface area contributed by atoms with Crippen LogP contribution in [0.1, 0.15) is 18.0 Å². The third kappa shape index (κ3) is 4.42. The van der Waals surface area contributed by atoms with Crippen LogP contribution in [0.5, 0.6) is 0 Å². The maximum Gasteiger partial charge on any atom is 0.233 e. The first-order valence-corrected chi connectivity index (χ1v) is 8.26. The lowest BCUT2D eigenvalue weighted by Crippen LogP contribution is -2.29. The van der Waals surface area contributed by atoms with E-state index in [2.05, 4.69) is 4.98 Å². The van der Waals surface area contributed by atoms with E-state index in [1.54, 1.807) is 0 Å². The van der Waals surface area contributed by atoms with E-state index < -0.39 is 15.9 Å². The second-order valence-corrected chi connectivity index (χ2v) is 6.43. The highest BCUT2D eigenvalue weighted by Gasteiger charge is 2.14. The smallest absolute Gasteiger partial charge is 0.233 e. The molecule has 0 spiro atoms. The monoisotopic (exact) mass is 308 g/mol. The Labute approximate surface area is 123 Å². The summed E-state index contributed by atoms with van der Waals surface area (Å²) >= 11 is 0. The molecule has 1 heterocycles. The minimum Gasteiger partial charge on any atom is -0.440 e. The van der Waals surface area contributed by atoms with Gasteiger partial charge in [-0.2, -0.15) is 0 Å². The van der Waals surface area contributed by atoms with E-state index >= 15 is 0 Å². The zero-order chi connectivity index (χ0) is 15.5. The number of sulfonamides is 1. The molecule has 1 amide bonds. The Kier molecular flexibility index (Phi) is 4.42. The molecule has 7 heteroatoms. The Balaban J connectivity index is 2.05. The van der Waals surface area contributed by atoms with Crippen LogP contribution in [0.4, 0.5) is 0 Å². The lowest BCUT2D eigenvalue weighted by atomic mass is 10.1. The number of aryl methyl sites for hydroxylation is 2. The fourth-order valence-corrected chi connectivity index (χ4v) is 2.41. The van der Waals surface area contributed by atoms with Gasteiger partial charge in [0.25, 0.3) is 0 Å². The zero-order valence-electron chi connectivity index (χ0n) is 11.8. The molecule has 0 fully saturated rings. The summed E-state index contributed by atoms with van der Waals surface area (Å²) in [6.07, 6.45) is 1.18. The van der Waals surface area contributed by atoms with Crippen molar-refractivity contribution in [3.63, 3.8) is 0 Å². The zero-order valence-corrected chi connectivity index (χ0v) is 12.6. The number of carbonyl (C=O) groups excluding carboxylic acids is 1. The molecule has 0 aliphatic carbocycles. The van der Waals surface area contributed by atoms with Crippen LogP contribution in [0.2, 0.25) is 0 Å². The molecular formula is C14H16N2O4S. The molecule has 6 nitrogen and oxygen atoms in total. The highest BCUT2D eigenvalue weighted by atomic mass is 32.2. The van der Waals surface area contributed by atoms with Crippen LogP contribution < -0.4 is 4.72 Å². The molecule has 0 saturated heterocycles. The first kappa shape index (κ1) is 15.2. The number of carbonyl (C=O) groups is 1. The van der Waals surface area contributed by atoms with Crippen molar-refractivity contribution in [1.82, 2.24) is 9.71 Å². The van der Waals surface area contributed by atoms with Gasteiger partial charge in [0.15, 0.2) is 11.7 Å². The van der Waals surface area contributed by atoms with E-state index in [9.17, 15) is 13.2 Å². The van der Waals surface area contributed by atoms with Gasteiger partial charge in [0.2, 0.25) is 15.9 Å². The normalized spacial score (nSPS) is 11.3. The van der Waals surface area contributed by atoms with Crippen molar-refractivity contribution in [2.75, 3.05) is 6.26 Å². The molecule has 2 rings (SSSR count). The SMILES string of the molecule is Cc1nc(CCC(=O)NS(C)(=O)=O)oc1-c1ccccc1. The summed E-state index contributed by atoms with van der Waals surface area (Å²) < 4.78 is 29.4. The molecule has 1 aromatic carbocycles. The van der Waals surface area contributed by atoms with Crippen LogP contribution in [0.25, 0.3) is 11.3 Å². The Morgan fingerprint density at radius 2 is 1.95 bits per heavy atom. The number of hydrogen-bond donors (Lipinski definition) is 1. The predicted octanol–water partition coefficient (Wildman–Crippen LogP) is 1.66. The Morgan fingerprint density at radius 3 is 2.57 bits per heavy atom. The summed E-state index contributed by atoms with van der Waals surface area (Å²) in [6.45, 7) is 1.83. The second-order valence-electron chi connectivity index (χ2n) is 4.69. The van der Waals surface area contributed by atoms with Crippen molar-refractivity contribution in [3.8, 4) is 11.3 Å². The van der Waals surface area contributed by atoms with E-state index in [1.807, 2.05) is 42.0 Å². The second kappa shape index (κ2) is 6.09. The fourth-order valence-electron chi connectivity index (χ4n) is 1.89. The van der Waals surface area contributed by atoms with Crippen molar-refractivity contribution in [3.05, 3.63) is 41.9 Å². The quantitative estimate of drug-likeness (QED) is 0.907. The van der Waals surface area contributed by atoms with Crippen LogP contribution >= 0.6 is 0 Å². The maximum atomic E-state index is 11.4. The van der Waals surface area contributed by atoms with E-state index in [0.29, 0.717) is 11.7 Å². The average Bonchev–Trinajstić information content (AvgIpc) is 2.77. The molecule has 1 aromatic heterocycles. The Morgan fingerprint density at radius 1 is 1.29 bits per heavy atom. The van der Waals surface area contributed by atoms with Gasteiger partial charge in [0.1, 0.15) is 0 Å². The molecule has 0 bridgehead atoms. The van der Waals surface area contributed by atoms with Gasteiger partial charge in [-0.25, -0.2) is 13.4 Å². The molecular weight excluding hydrogens is 292 g/mol. The standard InChI is InChI=1S/C14H16N2O4S/c1-10-14(11-6-4-3-5-7-11)20-13(15-10)9-8-12(17)16-21(2,18)19/h3-7H,8-9H2,1-2H3,(H,16,17). The van der Waals surface area contributed by atoms with E-state index in [0.717, 1.165) is 17.5 Å². The van der Waals surface area contributed by atoms with Gasteiger partial charge in [-0.1, -0.05) is 30.3 Å². The van der Waals surface area contributed by atoms with Gasteiger partial charge in [-0.15, -0.1) is 0 Å². The summed E-state index contributed by atoms with van der Waals surface area (Å²) in [4.78, 5) is 15.7. The molecule has 21 heavy (non-hydrogen) atoms. The molecule has 0 radical (unpaired) electrons. The van der Waals surface area contributed by atoms with Crippen molar-refractivity contribution >= 4 is 15.9 Å². The topological polar surface area (TPSA) is 89.3 Å². The van der Waals surface area contributed by atoms with Crippen molar-refractivity contribution in [1.29, 1.82) is 0 Å². The summed E-state index contributed by atoms with van der Waals surface area (Å²) in [5, 5.41) is 0. The largest absolute Gasteiger partial charge is 0.440 e. The number of oxazole rings is 1. The van der Waals surface area contributed by atoms with Gasteiger partial charge in [-0.3, -0.25) is 9.52 Å². The summed E-state index contributed by atoms with van der Waals surface area (Å²) in [5.74, 6) is 0.499. The third-order valence-corrected chi connectivity index (χ3v) is 3.34. The lowest BCUT2D eigenvalue weighted by Gasteiger charge is -2.00. The van der Waals surface area contributed by atoms with Gasteiger partial charge >= 0.3 is 0 Å². The molecule has 0 aliphatic heterocycles. The highest BCUT2D eigenvalue weighted by Crippen LogP contribution is 2.24. The summed E-state index contributed by atoms with van der Waals surface area (Å²) in [7, 11) is -3.52. The first-order valence-electron chi connectivity index (χ1n) is 6.37. The molecule has 0 unspecified atom stereocenters. The van der Waals surface area contributed by atoms with Crippen LogP contribution in [0.15, 0.2) is 34.7 Å². The molecule has 0 atom stereocenters. The number of nitrogens with zero attached hydrogens (tertiary/aromatic N) is 1. The number of hydrogen-bond acceptors (Lipinski definition) is 5. The minimum absolute atomic E-state index is 0.00124. The fraction of sp³-hybridized carbons (Fsp3) is 0.286. The van der Waals surface area contributed by atoms with Crippen LogP contribution in [0.3, 0.4) is 0 Å². The van der Waals surface area contributed by atoms with E-state index in [-0.39, 0.29) is 12.8 Å². The number of aromatic nitrogens is 1. The average molecular weight is 308 g/mol. The van der Waals surface area contributed by atoms with Gasteiger partial charge in [0.05, 0.1) is 11.9 Å². The predicted molar refractivity (Wildman–Crippen MR) is 78.0 cm³/mol. The Hall–Kier alpha value is -2.15. The van der Waals surface area contributed by atoms with Crippen molar-refractivity contribution < 1.29 is 17.6 Å². The van der Waals surface area contributed by atoms with Crippen LogP contribution in [-0.2, 0) is 21.2 Å². The highest BCUT2D eigenvalue weighted by molar-refractivity contribution is 7.89. The molecule has 0 aliphatic rings. The number of rotatable bonds is 5. The molecule has 0 saturated carbocycles. The Bertz CT molecular complexity index is 736. The molecule has 1 N–H and O–H groups in total. The van der Waals surface area contributed by atoms with Crippen molar-refractivity contribution in [2.45, 2.75) is 19.8 Å². The van der Waals surface area contributed by atoms with Crippen molar-refractivity contribution in [2.24, 2.45) is 0 Å². The summed E-state index contributed by atoms with van der Waals surface area (Å²) in [5.41, 5.74) is 1.65. The summed E-state index contributed by atoms with van der Waals surface area (Å²) in [6, 6.07) is 9.53. The number of benzene rings is 1. The van der Waals surface area contributed by atoms with Gasteiger partial charge in [0, 0.05) is 18.4 Å². The van der Waals surface area contributed by atoms with Gasteiger partial charge in [-0.05, 0) is 6.92 Å². The lowest BCUT2D eigenvalue weighted by molar-refractivity contribution is -0.119. The van der Waals surface area contributed by atoms with Crippen LogP contribution in [0, 0.1) is 6.92 Å². The van der Waals surface area contributed by atoms with Gasteiger partial charge < -0.3 is 4.42 Å². The number of amides is 1. The van der Waals surface area contributed by atoms with E-state index in [4.69, 9.17) is 4.42 Å². The first-order chi connectivity index (χ1) is 9.85. The number of nitrogens with one attached hydrogen (secondary N) is 1. The van der Waals surface area contributed by atoms with E-state index in [1.165, 1.54) is 0 Å². The van der Waals surface area contributed by atoms with Crippen LogP contribution in [-0.4, -0.2) is 25.6 Å². The third-order valence-electron chi connectivity index (χ3n) is 2.74.